The third kappa shape index (κ3) is 4.37. The van der Waals surface area contributed by atoms with Crippen molar-refractivity contribution in [3.05, 3.63) is 34.3 Å². The first-order valence-electron chi connectivity index (χ1n) is 8.45. The summed E-state index contributed by atoms with van der Waals surface area (Å²) in [6, 6.07) is 6.64. The van der Waals surface area contributed by atoms with E-state index in [1.54, 1.807) is 12.1 Å². The van der Waals surface area contributed by atoms with Crippen LogP contribution in [-0.4, -0.2) is 40.8 Å². The molecular weight excluding hydrogens is 375 g/mol. The van der Waals surface area contributed by atoms with E-state index in [1.807, 2.05) is 6.07 Å². The Morgan fingerprint density at radius 1 is 1.35 bits per heavy atom. The van der Waals surface area contributed by atoms with Crippen molar-refractivity contribution in [2.24, 2.45) is 5.92 Å². The van der Waals surface area contributed by atoms with Crippen LogP contribution in [0.5, 0.6) is 5.75 Å². The van der Waals surface area contributed by atoms with Gasteiger partial charge in [-0.2, -0.15) is 0 Å². The molecule has 1 fully saturated rings. The smallest absolute Gasteiger partial charge is 0.216 e. The number of hydrogen-bond acceptors (Lipinski definition) is 5. The molecule has 26 heavy (non-hydrogen) atoms. The van der Waals surface area contributed by atoms with E-state index in [4.69, 9.17) is 23.2 Å². The van der Waals surface area contributed by atoms with Crippen molar-refractivity contribution >= 4 is 34.9 Å². The molecule has 0 bridgehead atoms. The molecule has 0 saturated carbocycles. The molecule has 138 valence electrons. The van der Waals surface area contributed by atoms with E-state index in [9.17, 15) is 9.90 Å². The molecule has 0 aliphatic carbocycles. The van der Waals surface area contributed by atoms with Gasteiger partial charge < -0.3 is 15.3 Å². The molecule has 3 rings (SSSR count). The Hall–Kier alpha value is -2.05. The van der Waals surface area contributed by atoms with Crippen molar-refractivity contribution in [2.45, 2.75) is 19.8 Å². The molecule has 1 atom stereocenters. The maximum atomic E-state index is 11.1. The minimum atomic E-state index is -0.0297. The maximum absolute atomic E-state index is 11.1. The molecule has 1 aromatic heterocycles. The largest absolute Gasteiger partial charge is 0.507 e. The first-order chi connectivity index (χ1) is 12.4. The number of nitrogens with zero attached hydrogens (tertiary/aromatic N) is 3. The first kappa shape index (κ1) is 18.7. The van der Waals surface area contributed by atoms with Crippen LogP contribution in [0.4, 0.5) is 5.82 Å². The molecule has 1 aliphatic heterocycles. The number of anilines is 1. The number of hydrogen-bond donors (Lipinski definition) is 2. The highest BCUT2D eigenvalue weighted by Crippen LogP contribution is 2.37. The molecule has 0 radical (unpaired) electrons. The van der Waals surface area contributed by atoms with Gasteiger partial charge in [0, 0.05) is 31.6 Å². The minimum Gasteiger partial charge on any atom is -0.507 e. The summed E-state index contributed by atoms with van der Waals surface area (Å²) in [5.74, 6) is 1.12. The van der Waals surface area contributed by atoms with Gasteiger partial charge in [0.25, 0.3) is 0 Å². The highest BCUT2D eigenvalue weighted by Gasteiger charge is 2.22. The van der Waals surface area contributed by atoms with E-state index < -0.39 is 0 Å². The lowest BCUT2D eigenvalue weighted by atomic mass is 9.98. The number of piperidine rings is 1. The van der Waals surface area contributed by atoms with Crippen LogP contribution in [-0.2, 0) is 4.79 Å². The molecule has 1 amide bonds. The van der Waals surface area contributed by atoms with Gasteiger partial charge in [0.15, 0.2) is 5.82 Å². The summed E-state index contributed by atoms with van der Waals surface area (Å²) in [6.45, 7) is 3.92. The second-order valence-electron chi connectivity index (χ2n) is 6.45. The van der Waals surface area contributed by atoms with E-state index in [-0.39, 0.29) is 11.7 Å². The Morgan fingerprint density at radius 2 is 2.15 bits per heavy atom. The van der Waals surface area contributed by atoms with Gasteiger partial charge in [-0.05, 0) is 43.0 Å². The van der Waals surface area contributed by atoms with E-state index in [2.05, 4.69) is 20.4 Å². The lowest BCUT2D eigenvalue weighted by Crippen LogP contribution is -2.41. The quantitative estimate of drug-likeness (QED) is 0.829. The van der Waals surface area contributed by atoms with E-state index >= 15 is 0 Å². The Morgan fingerprint density at radius 3 is 2.81 bits per heavy atom. The Kier molecular flexibility index (Phi) is 5.84. The second kappa shape index (κ2) is 8.10. The molecule has 1 aliphatic rings. The molecule has 6 nitrogen and oxygen atoms in total. The first-order valence-corrected chi connectivity index (χ1v) is 9.21. The average Bonchev–Trinajstić information content (AvgIpc) is 2.60. The van der Waals surface area contributed by atoms with Crippen molar-refractivity contribution in [1.82, 2.24) is 15.5 Å². The number of phenolic OH excluding ortho intramolecular Hbond substituents is 1. The molecule has 1 saturated heterocycles. The zero-order valence-corrected chi connectivity index (χ0v) is 15.9. The van der Waals surface area contributed by atoms with Crippen molar-refractivity contribution in [3.8, 4) is 17.0 Å². The number of amides is 1. The fraction of sp³-hybridized carbons (Fsp3) is 0.389. The number of benzene rings is 1. The van der Waals surface area contributed by atoms with Gasteiger partial charge in [-0.1, -0.05) is 23.2 Å². The predicted molar refractivity (Wildman–Crippen MR) is 103 cm³/mol. The molecule has 0 unspecified atom stereocenters. The number of phenols is 1. The Bertz CT molecular complexity index is 775. The van der Waals surface area contributed by atoms with Crippen LogP contribution < -0.4 is 10.2 Å². The van der Waals surface area contributed by atoms with Gasteiger partial charge in [0.1, 0.15) is 5.75 Å². The van der Waals surface area contributed by atoms with Crippen molar-refractivity contribution in [3.63, 3.8) is 0 Å². The highest BCUT2D eigenvalue weighted by atomic mass is 35.5. The van der Waals surface area contributed by atoms with Crippen LogP contribution in [0.3, 0.4) is 0 Å². The number of carbonyl (C=O) groups is 1. The number of aromatic nitrogens is 2. The third-order valence-electron chi connectivity index (χ3n) is 4.42. The van der Waals surface area contributed by atoms with Crippen molar-refractivity contribution in [1.29, 1.82) is 0 Å². The average molecular weight is 395 g/mol. The number of halogens is 2. The minimum absolute atomic E-state index is 0.00841. The summed E-state index contributed by atoms with van der Waals surface area (Å²) in [4.78, 5) is 13.3. The lowest BCUT2D eigenvalue weighted by Gasteiger charge is -2.33. The standard InChI is InChI=1S/C18H20Cl2N4O2/c1-11(25)21-9-12-3-2-6-24(10-12)17-5-4-15(22-23-17)18-14(20)7-13(19)8-16(18)26/h4-5,7-8,12,26H,2-3,6,9-10H2,1H3,(H,21,25)/t12-/m1/s1. The highest BCUT2D eigenvalue weighted by molar-refractivity contribution is 6.36. The zero-order chi connectivity index (χ0) is 18.7. The topological polar surface area (TPSA) is 78.4 Å². The Balaban J connectivity index is 1.74. The van der Waals surface area contributed by atoms with Gasteiger partial charge in [-0.15, -0.1) is 10.2 Å². The third-order valence-corrected chi connectivity index (χ3v) is 4.94. The SMILES string of the molecule is CC(=O)NC[C@H]1CCCN(c2ccc(-c3c(O)cc(Cl)cc3Cl)nn2)C1. The number of rotatable bonds is 4. The van der Waals surface area contributed by atoms with Gasteiger partial charge in [0.2, 0.25) is 5.91 Å². The van der Waals surface area contributed by atoms with Crippen LogP contribution in [0.1, 0.15) is 19.8 Å². The fourth-order valence-corrected chi connectivity index (χ4v) is 3.75. The second-order valence-corrected chi connectivity index (χ2v) is 7.29. The molecule has 8 heteroatoms. The van der Waals surface area contributed by atoms with Crippen LogP contribution in [0.2, 0.25) is 10.0 Å². The summed E-state index contributed by atoms with van der Waals surface area (Å²) >= 11 is 12.1. The van der Waals surface area contributed by atoms with Gasteiger partial charge >= 0.3 is 0 Å². The predicted octanol–water partition coefficient (Wildman–Crippen LogP) is 3.51. The van der Waals surface area contributed by atoms with E-state index in [1.165, 1.54) is 13.0 Å². The lowest BCUT2D eigenvalue weighted by molar-refractivity contribution is -0.119. The van der Waals surface area contributed by atoms with Crippen molar-refractivity contribution in [2.75, 3.05) is 24.5 Å². The normalized spacial score (nSPS) is 17.2. The van der Waals surface area contributed by atoms with Crippen LogP contribution in [0, 0.1) is 5.92 Å². The summed E-state index contributed by atoms with van der Waals surface area (Å²) in [6.07, 6.45) is 2.12. The summed E-state index contributed by atoms with van der Waals surface area (Å²) in [7, 11) is 0. The van der Waals surface area contributed by atoms with Crippen LogP contribution >= 0.6 is 23.2 Å². The van der Waals surface area contributed by atoms with Gasteiger partial charge in [0.05, 0.1) is 16.3 Å². The molecular formula is C18H20Cl2N4O2. The Labute approximate surface area is 162 Å². The van der Waals surface area contributed by atoms with Gasteiger partial charge in [-0.3, -0.25) is 4.79 Å². The number of nitrogens with one attached hydrogen (secondary N) is 1. The monoisotopic (exact) mass is 394 g/mol. The summed E-state index contributed by atoms with van der Waals surface area (Å²) in [5, 5.41) is 22.2. The molecule has 2 N–H and O–H groups in total. The van der Waals surface area contributed by atoms with Crippen LogP contribution in [0.25, 0.3) is 11.3 Å². The zero-order valence-electron chi connectivity index (χ0n) is 14.4. The van der Waals surface area contributed by atoms with Crippen LogP contribution in [0.15, 0.2) is 24.3 Å². The number of carbonyl (C=O) groups excluding carboxylic acids is 1. The number of aromatic hydroxyl groups is 1. The molecule has 0 spiro atoms. The summed E-state index contributed by atoms with van der Waals surface area (Å²) in [5.41, 5.74) is 0.900. The van der Waals surface area contributed by atoms with E-state index in [0.29, 0.717) is 33.8 Å². The maximum Gasteiger partial charge on any atom is 0.216 e. The molecule has 2 heterocycles. The fourth-order valence-electron chi connectivity index (χ4n) is 3.17. The molecule has 1 aromatic carbocycles. The van der Waals surface area contributed by atoms with Crippen molar-refractivity contribution < 1.29 is 9.90 Å². The van der Waals surface area contributed by atoms with Gasteiger partial charge in [-0.25, -0.2) is 0 Å². The van der Waals surface area contributed by atoms with E-state index in [0.717, 1.165) is 31.7 Å². The summed E-state index contributed by atoms with van der Waals surface area (Å²) < 4.78 is 0. The molecule has 2 aromatic rings.